The number of rotatable bonds is 6. The number of halogens is 1. The average Bonchev–Trinajstić information content (AvgIpc) is 2.93. The van der Waals surface area contributed by atoms with Gasteiger partial charge in [0.1, 0.15) is 12.4 Å². The standard InChI is InChI=1S/C18H26ClN3OSi/c1-24(2,3)12-11-23-13-22-10-9-15-16(14-7-5-4-6-8-14)20-18(19)21-17(15)22/h7,9-10H,4-6,8,11-13H2,1-3H3. The van der Waals surface area contributed by atoms with Crippen LogP contribution in [0.1, 0.15) is 31.4 Å². The first kappa shape index (κ1) is 17.6. The van der Waals surface area contributed by atoms with E-state index in [2.05, 4.69) is 41.8 Å². The van der Waals surface area contributed by atoms with E-state index in [1.807, 2.05) is 10.8 Å². The van der Waals surface area contributed by atoms with Gasteiger partial charge in [0.2, 0.25) is 5.28 Å². The maximum Gasteiger partial charge on any atom is 0.224 e. The molecule has 4 nitrogen and oxygen atoms in total. The third-order valence-corrected chi connectivity index (χ3v) is 6.29. The van der Waals surface area contributed by atoms with E-state index in [9.17, 15) is 0 Å². The van der Waals surface area contributed by atoms with Crippen molar-refractivity contribution < 1.29 is 4.74 Å². The van der Waals surface area contributed by atoms with Crippen molar-refractivity contribution >= 4 is 36.3 Å². The average molecular weight is 364 g/mol. The second kappa shape index (κ2) is 7.38. The fraction of sp³-hybridized carbons (Fsp3) is 0.556. The van der Waals surface area contributed by atoms with Gasteiger partial charge in [0.15, 0.2) is 0 Å². The zero-order chi connectivity index (χ0) is 17.2. The summed E-state index contributed by atoms with van der Waals surface area (Å²) in [5.74, 6) is 0. The Bertz CT molecular complexity index is 749. The smallest absolute Gasteiger partial charge is 0.224 e. The highest BCUT2D eigenvalue weighted by Gasteiger charge is 2.16. The van der Waals surface area contributed by atoms with Gasteiger partial charge >= 0.3 is 0 Å². The fourth-order valence-corrected chi connectivity index (χ4v) is 3.90. The molecule has 24 heavy (non-hydrogen) atoms. The molecule has 0 unspecified atom stereocenters. The van der Waals surface area contributed by atoms with Gasteiger partial charge in [0.05, 0.1) is 5.69 Å². The van der Waals surface area contributed by atoms with E-state index in [1.54, 1.807) is 0 Å². The predicted molar refractivity (Wildman–Crippen MR) is 103 cm³/mol. The van der Waals surface area contributed by atoms with Gasteiger partial charge in [-0.1, -0.05) is 25.7 Å². The number of fused-ring (bicyclic) bond motifs is 1. The molecule has 2 heterocycles. The molecule has 130 valence electrons. The second-order valence-electron chi connectivity index (χ2n) is 7.69. The molecular formula is C18H26ClN3OSi. The van der Waals surface area contributed by atoms with Crippen LogP contribution in [0.25, 0.3) is 16.6 Å². The van der Waals surface area contributed by atoms with Crippen LogP contribution in [0, 0.1) is 0 Å². The van der Waals surface area contributed by atoms with Crippen LogP contribution in [0.4, 0.5) is 0 Å². The zero-order valence-corrected chi connectivity index (χ0v) is 16.6. The molecule has 0 aromatic carbocycles. The van der Waals surface area contributed by atoms with Crippen LogP contribution in [-0.4, -0.2) is 29.2 Å². The Morgan fingerprint density at radius 2 is 2.08 bits per heavy atom. The van der Waals surface area contributed by atoms with Gasteiger partial charge in [-0.15, -0.1) is 0 Å². The van der Waals surface area contributed by atoms with Crippen LogP contribution in [0.3, 0.4) is 0 Å². The largest absolute Gasteiger partial charge is 0.361 e. The van der Waals surface area contributed by atoms with Gasteiger partial charge in [-0.05, 0) is 55.0 Å². The van der Waals surface area contributed by atoms with Gasteiger partial charge in [-0.2, -0.15) is 4.98 Å². The molecular weight excluding hydrogens is 338 g/mol. The van der Waals surface area contributed by atoms with Crippen molar-refractivity contribution in [2.45, 2.75) is 58.1 Å². The van der Waals surface area contributed by atoms with E-state index in [-0.39, 0.29) is 0 Å². The molecule has 0 saturated carbocycles. The number of allylic oxidation sites excluding steroid dienone is 2. The van der Waals surface area contributed by atoms with Gasteiger partial charge in [0, 0.05) is 26.3 Å². The summed E-state index contributed by atoms with van der Waals surface area (Å²) in [4.78, 5) is 8.94. The van der Waals surface area contributed by atoms with Crippen LogP contribution in [0.2, 0.25) is 31.0 Å². The molecule has 0 saturated heterocycles. The first-order valence-corrected chi connectivity index (χ1v) is 12.8. The predicted octanol–water partition coefficient (Wildman–Crippen LogP) is 5.35. The molecule has 1 aliphatic carbocycles. The van der Waals surface area contributed by atoms with Crippen LogP contribution < -0.4 is 0 Å². The SMILES string of the molecule is C[Si](C)(C)CCOCn1ccc2c(C3=CCCCC3)nc(Cl)nc21. The first-order chi connectivity index (χ1) is 11.4. The summed E-state index contributed by atoms with van der Waals surface area (Å²) in [6.45, 7) is 8.39. The Labute approximate surface area is 149 Å². The highest BCUT2D eigenvalue weighted by Crippen LogP contribution is 2.31. The highest BCUT2D eigenvalue weighted by molar-refractivity contribution is 6.76. The van der Waals surface area contributed by atoms with Crippen LogP contribution in [0.5, 0.6) is 0 Å². The van der Waals surface area contributed by atoms with Crippen molar-refractivity contribution in [3.05, 3.63) is 29.3 Å². The summed E-state index contributed by atoms with van der Waals surface area (Å²) in [6, 6.07) is 3.25. The number of ether oxygens (including phenoxy) is 1. The Balaban J connectivity index is 1.81. The fourth-order valence-electron chi connectivity index (χ4n) is 2.98. The molecule has 0 aliphatic heterocycles. The minimum absolute atomic E-state index is 0.311. The molecule has 6 heteroatoms. The monoisotopic (exact) mass is 363 g/mol. The van der Waals surface area contributed by atoms with Crippen LogP contribution in [-0.2, 0) is 11.5 Å². The second-order valence-corrected chi connectivity index (χ2v) is 13.6. The Hall–Kier alpha value is -1.17. The summed E-state index contributed by atoms with van der Waals surface area (Å²) in [6.07, 6.45) is 8.99. The summed E-state index contributed by atoms with van der Waals surface area (Å²) >= 11 is 6.20. The van der Waals surface area contributed by atoms with Crippen molar-refractivity contribution in [3.63, 3.8) is 0 Å². The molecule has 0 atom stereocenters. The molecule has 0 bridgehead atoms. The van der Waals surface area contributed by atoms with Crippen molar-refractivity contribution in [2.24, 2.45) is 0 Å². The van der Waals surface area contributed by atoms with E-state index in [4.69, 9.17) is 16.3 Å². The van der Waals surface area contributed by atoms with Gasteiger partial charge in [0.25, 0.3) is 0 Å². The summed E-state index contributed by atoms with van der Waals surface area (Å²) in [7, 11) is -1.06. The third-order valence-electron chi connectivity index (χ3n) is 4.41. The van der Waals surface area contributed by atoms with E-state index in [1.165, 1.54) is 24.5 Å². The first-order valence-electron chi connectivity index (χ1n) is 8.73. The lowest BCUT2D eigenvalue weighted by atomic mass is 9.96. The Morgan fingerprint density at radius 1 is 1.25 bits per heavy atom. The normalized spacial score (nSPS) is 15.8. The lowest BCUT2D eigenvalue weighted by Gasteiger charge is -2.16. The summed E-state index contributed by atoms with van der Waals surface area (Å²) in [5, 5.41) is 1.38. The van der Waals surface area contributed by atoms with E-state index >= 15 is 0 Å². The molecule has 0 N–H and O–H groups in total. The molecule has 2 aromatic rings. The van der Waals surface area contributed by atoms with Crippen LogP contribution in [0.15, 0.2) is 18.3 Å². The number of nitrogens with zero attached hydrogens (tertiary/aromatic N) is 3. The zero-order valence-electron chi connectivity index (χ0n) is 14.8. The van der Waals surface area contributed by atoms with Crippen molar-refractivity contribution in [1.29, 1.82) is 0 Å². The molecule has 2 aromatic heterocycles. The minimum Gasteiger partial charge on any atom is -0.361 e. The lowest BCUT2D eigenvalue weighted by molar-refractivity contribution is 0.0899. The summed E-state index contributed by atoms with van der Waals surface area (Å²) < 4.78 is 7.89. The van der Waals surface area contributed by atoms with Gasteiger partial charge < -0.3 is 9.30 Å². The Kier molecular flexibility index (Phi) is 5.42. The molecule has 0 spiro atoms. The minimum atomic E-state index is -1.06. The highest BCUT2D eigenvalue weighted by atomic mass is 35.5. The quantitative estimate of drug-likeness (QED) is 0.394. The van der Waals surface area contributed by atoms with Gasteiger partial charge in [-0.3, -0.25) is 0 Å². The van der Waals surface area contributed by atoms with E-state index in [0.717, 1.165) is 36.2 Å². The number of hydrogen-bond acceptors (Lipinski definition) is 3. The van der Waals surface area contributed by atoms with Crippen molar-refractivity contribution in [3.8, 4) is 0 Å². The number of aromatic nitrogens is 3. The topological polar surface area (TPSA) is 39.9 Å². The van der Waals surface area contributed by atoms with Crippen LogP contribution >= 0.6 is 11.6 Å². The lowest BCUT2D eigenvalue weighted by Crippen LogP contribution is -2.22. The summed E-state index contributed by atoms with van der Waals surface area (Å²) in [5.41, 5.74) is 3.16. The molecule has 0 fully saturated rings. The van der Waals surface area contributed by atoms with E-state index in [0.29, 0.717) is 12.0 Å². The van der Waals surface area contributed by atoms with Crippen molar-refractivity contribution in [2.75, 3.05) is 6.61 Å². The van der Waals surface area contributed by atoms with E-state index < -0.39 is 8.07 Å². The number of hydrogen-bond donors (Lipinski definition) is 0. The maximum atomic E-state index is 6.20. The van der Waals surface area contributed by atoms with Crippen molar-refractivity contribution in [1.82, 2.24) is 14.5 Å². The Morgan fingerprint density at radius 3 is 2.79 bits per heavy atom. The molecule has 3 rings (SSSR count). The maximum absolute atomic E-state index is 6.20. The molecule has 0 amide bonds. The third kappa shape index (κ3) is 4.26. The van der Waals surface area contributed by atoms with Gasteiger partial charge in [-0.25, -0.2) is 4.98 Å². The molecule has 1 aliphatic rings. The molecule has 0 radical (unpaired) electrons.